The quantitative estimate of drug-likeness (QED) is 0.890. The van der Waals surface area contributed by atoms with Crippen LogP contribution in [0, 0.1) is 11.8 Å². The lowest BCUT2D eigenvalue weighted by atomic mass is 9.69. The van der Waals surface area contributed by atoms with E-state index in [1.807, 2.05) is 17.9 Å². The van der Waals surface area contributed by atoms with Crippen LogP contribution in [-0.4, -0.2) is 15.8 Å². The maximum atomic E-state index is 4.22. The second kappa shape index (κ2) is 5.43. The third-order valence-corrected chi connectivity index (χ3v) is 5.03. The van der Waals surface area contributed by atoms with Gasteiger partial charge in [-0.3, -0.25) is 4.68 Å². The van der Waals surface area contributed by atoms with Gasteiger partial charge in [-0.05, 0) is 37.2 Å². The van der Waals surface area contributed by atoms with Crippen molar-refractivity contribution in [3.05, 3.63) is 18.0 Å². The van der Waals surface area contributed by atoms with Gasteiger partial charge < -0.3 is 5.32 Å². The number of hydrogen-bond acceptors (Lipinski definition) is 2. The molecule has 1 aromatic rings. The molecule has 2 aliphatic carbocycles. The molecule has 0 bridgehead atoms. The molecule has 0 aromatic carbocycles. The van der Waals surface area contributed by atoms with Gasteiger partial charge in [0.05, 0.1) is 5.69 Å². The van der Waals surface area contributed by atoms with Gasteiger partial charge in [0.25, 0.3) is 0 Å². The smallest absolute Gasteiger partial charge is 0.0518 e. The molecule has 0 amide bonds. The van der Waals surface area contributed by atoms with Crippen molar-refractivity contribution in [2.24, 2.45) is 18.9 Å². The van der Waals surface area contributed by atoms with Gasteiger partial charge in [0.15, 0.2) is 0 Å². The first-order chi connectivity index (χ1) is 8.83. The number of fused-ring (bicyclic) bond motifs is 1. The van der Waals surface area contributed by atoms with Gasteiger partial charge in [0, 0.05) is 25.8 Å². The monoisotopic (exact) mass is 247 g/mol. The highest BCUT2D eigenvalue weighted by Crippen LogP contribution is 2.40. The van der Waals surface area contributed by atoms with Crippen LogP contribution in [0.15, 0.2) is 12.3 Å². The van der Waals surface area contributed by atoms with Crippen LogP contribution in [-0.2, 0) is 13.6 Å². The van der Waals surface area contributed by atoms with E-state index in [4.69, 9.17) is 0 Å². The van der Waals surface area contributed by atoms with Gasteiger partial charge in [-0.25, -0.2) is 0 Å². The Kier molecular flexibility index (Phi) is 3.69. The predicted octanol–water partition coefficient (Wildman–Crippen LogP) is 2.87. The Balaban J connectivity index is 1.50. The summed E-state index contributed by atoms with van der Waals surface area (Å²) in [5.74, 6) is 2.06. The zero-order chi connectivity index (χ0) is 12.4. The molecule has 1 aromatic heterocycles. The first-order valence-electron chi connectivity index (χ1n) is 7.53. The summed E-state index contributed by atoms with van der Waals surface area (Å²) in [6.07, 6.45) is 12.0. The van der Waals surface area contributed by atoms with Crippen LogP contribution in [0.5, 0.6) is 0 Å². The van der Waals surface area contributed by atoms with Crippen LogP contribution >= 0.6 is 0 Å². The zero-order valence-electron chi connectivity index (χ0n) is 11.4. The van der Waals surface area contributed by atoms with Crippen LogP contribution < -0.4 is 5.32 Å². The van der Waals surface area contributed by atoms with E-state index < -0.39 is 0 Å². The first-order valence-corrected chi connectivity index (χ1v) is 7.53. The molecule has 18 heavy (non-hydrogen) atoms. The fraction of sp³-hybridized carbons (Fsp3) is 0.800. The Morgan fingerprint density at radius 3 is 2.83 bits per heavy atom. The van der Waals surface area contributed by atoms with Crippen molar-refractivity contribution in [1.29, 1.82) is 0 Å². The minimum Gasteiger partial charge on any atom is -0.308 e. The largest absolute Gasteiger partial charge is 0.308 e. The minimum absolute atomic E-state index is 0.735. The predicted molar refractivity (Wildman–Crippen MR) is 73.1 cm³/mol. The van der Waals surface area contributed by atoms with E-state index in [1.54, 1.807) is 0 Å². The Hall–Kier alpha value is -0.830. The van der Waals surface area contributed by atoms with E-state index in [0.717, 1.165) is 24.4 Å². The molecule has 3 rings (SSSR count). The van der Waals surface area contributed by atoms with E-state index in [-0.39, 0.29) is 0 Å². The molecule has 0 radical (unpaired) electrons. The maximum absolute atomic E-state index is 4.22. The average Bonchev–Trinajstić information content (AvgIpc) is 2.82. The Morgan fingerprint density at radius 1 is 1.22 bits per heavy atom. The third kappa shape index (κ3) is 2.61. The lowest BCUT2D eigenvalue weighted by Crippen LogP contribution is -2.38. The zero-order valence-corrected chi connectivity index (χ0v) is 11.4. The first kappa shape index (κ1) is 12.2. The summed E-state index contributed by atoms with van der Waals surface area (Å²) in [6.45, 7) is 0.971. The third-order valence-electron chi connectivity index (χ3n) is 5.03. The van der Waals surface area contributed by atoms with Crippen molar-refractivity contribution in [3.63, 3.8) is 0 Å². The van der Waals surface area contributed by atoms with Crippen LogP contribution in [0.1, 0.15) is 50.6 Å². The van der Waals surface area contributed by atoms with Crippen LogP contribution in [0.4, 0.5) is 0 Å². The highest BCUT2D eigenvalue weighted by molar-refractivity contribution is 5.00. The summed E-state index contributed by atoms with van der Waals surface area (Å²) >= 11 is 0. The van der Waals surface area contributed by atoms with Crippen LogP contribution in [0.25, 0.3) is 0 Å². The molecule has 0 spiro atoms. The van der Waals surface area contributed by atoms with Crippen molar-refractivity contribution < 1.29 is 0 Å². The molecule has 0 saturated heterocycles. The lowest BCUT2D eigenvalue weighted by molar-refractivity contribution is 0.143. The molecular formula is C15H25N3. The Morgan fingerprint density at radius 2 is 2.06 bits per heavy atom. The second-order valence-corrected chi connectivity index (χ2v) is 6.14. The van der Waals surface area contributed by atoms with Crippen molar-refractivity contribution in [2.75, 3.05) is 0 Å². The molecule has 2 saturated carbocycles. The number of nitrogens with zero attached hydrogens (tertiary/aromatic N) is 2. The topological polar surface area (TPSA) is 29.9 Å². The number of hydrogen-bond donors (Lipinski definition) is 1. The van der Waals surface area contributed by atoms with E-state index in [0.29, 0.717) is 0 Å². The van der Waals surface area contributed by atoms with E-state index in [2.05, 4.69) is 16.5 Å². The van der Waals surface area contributed by atoms with Gasteiger partial charge in [0.2, 0.25) is 0 Å². The number of rotatable bonds is 3. The molecule has 3 atom stereocenters. The van der Waals surface area contributed by atoms with Gasteiger partial charge in [-0.2, -0.15) is 5.10 Å². The van der Waals surface area contributed by atoms with E-state index in [1.165, 1.54) is 50.6 Å². The molecule has 3 nitrogen and oxygen atoms in total. The van der Waals surface area contributed by atoms with Crippen molar-refractivity contribution in [1.82, 2.24) is 15.1 Å². The Bertz CT molecular complexity index is 385. The molecule has 100 valence electrons. The van der Waals surface area contributed by atoms with Crippen molar-refractivity contribution in [2.45, 2.75) is 57.5 Å². The molecule has 0 aliphatic heterocycles. The minimum atomic E-state index is 0.735. The molecule has 3 heteroatoms. The summed E-state index contributed by atoms with van der Waals surface area (Å²) in [7, 11) is 2.02. The van der Waals surface area contributed by atoms with E-state index in [9.17, 15) is 0 Å². The highest BCUT2D eigenvalue weighted by atomic mass is 15.3. The average molecular weight is 247 g/mol. The number of nitrogens with one attached hydrogen (secondary N) is 1. The normalized spacial score (nSPS) is 32.2. The second-order valence-electron chi connectivity index (χ2n) is 6.14. The molecule has 2 aliphatic rings. The standard InChI is InChI=1S/C15H25N3/c1-18-15(8-9-17-18)11-16-14-7-6-12-4-2-3-5-13(12)10-14/h8-9,12-14,16H,2-7,10-11H2,1H3. The van der Waals surface area contributed by atoms with Crippen molar-refractivity contribution in [3.8, 4) is 0 Å². The fourth-order valence-electron chi connectivity index (χ4n) is 3.88. The summed E-state index contributed by atoms with van der Waals surface area (Å²) in [5, 5.41) is 7.96. The van der Waals surface area contributed by atoms with Crippen LogP contribution in [0.2, 0.25) is 0 Å². The van der Waals surface area contributed by atoms with Gasteiger partial charge in [-0.15, -0.1) is 0 Å². The molecular weight excluding hydrogens is 222 g/mol. The number of aromatic nitrogens is 2. The van der Waals surface area contributed by atoms with E-state index >= 15 is 0 Å². The number of aryl methyl sites for hydroxylation is 1. The van der Waals surface area contributed by atoms with Gasteiger partial charge in [0.1, 0.15) is 0 Å². The molecule has 3 unspecified atom stereocenters. The SMILES string of the molecule is Cn1nccc1CNC1CCC2CCCCC2C1. The Labute approximate surface area is 110 Å². The highest BCUT2D eigenvalue weighted by Gasteiger charge is 2.31. The maximum Gasteiger partial charge on any atom is 0.0518 e. The van der Waals surface area contributed by atoms with Crippen molar-refractivity contribution >= 4 is 0 Å². The summed E-state index contributed by atoms with van der Waals surface area (Å²) < 4.78 is 1.97. The van der Waals surface area contributed by atoms with Gasteiger partial charge in [-0.1, -0.05) is 25.7 Å². The lowest BCUT2D eigenvalue weighted by Gasteiger charge is -2.39. The fourth-order valence-corrected chi connectivity index (χ4v) is 3.88. The summed E-state index contributed by atoms with van der Waals surface area (Å²) in [5.41, 5.74) is 1.29. The van der Waals surface area contributed by atoms with Gasteiger partial charge >= 0.3 is 0 Å². The summed E-state index contributed by atoms with van der Waals surface area (Å²) in [6, 6.07) is 2.85. The molecule has 1 heterocycles. The molecule has 1 N–H and O–H groups in total. The molecule has 2 fully saturated rings. The summed E-state index contributed by atoms with van der Waals surface area (Å²) in [4.78, 5) is 0. The van der Waals surface area contributed by atoms with Crippen LogP contribution in [0.3, 0.4) is 0 Å².